The SMILES string of the molecule is COCCN1C[C@H](NC(=O)N2CCC(n3c(=O)[nH]c4ncccc43)CC2)CC[C@@H](c2cccc(F)c2F)C1. The Kier molecular flexibility index (Phi) is 8.04. The Morgan fingerprint density at radius 1 is 1.13 bits per heavy atom. The number of imidazole rings is 1. The molecule has 2 atom stereocenters. The highest BCUT2D eigenvalue weighted by Gasteiger charge is 2.31. The molecule has 0 saturated carbocycles. The topological polar surface area (TPSA) is 95.5 Å². The number of rotatable bonds is 6. The van der Waals surface area contributed by atoms with E-state index in [2.05, 4.69) is 20.2 Å². The molecule has 0 radical (unpaired) electrons. The summed E-state index contributed by atoms with van der Waals surface area (Å²) in [6, 6.07) is 7.75. The number of amides is 2. The lowest BCUT2D eigenvalue weighted by molar-refractivity contribution is 0.139. The van der Waals surface area contributed by atoms with Crippen LogP contribution in [0.25, 0.3) is 11.2 Å². The summed E-state index contributed by atoms with van der Waals surface area (Å²) in [6.45, 7) is 3.39. The summed E-state index contributed by atoms with van der Waals surface area (Å²) >= 11 is 0. The predicted molar refractivity (Wildman–Crippen MR) is 139 cm³/mol. The molecule has 204 valence electrons. The van der Waals surface area contributed by atoms with Crippen molar-refractivity contribution in [1.29, 1.82) is 0 Å². The molecule has 9 nitrogen and oxygen atoms in total. The van der Waals surface area contributed by atoms with Crippen molar-refractivity contribution in [1.82, 2.24) is 29.7 Å². The molecule has 2 N–H and O–H groups in total. The van der Waals surface area contributed by atoms with Gasteiger partial charge in [0, 0.05) is 58.1 Å². The van der Waals surface area contributed by atoms with Crippen LogP contribution >= 0.6 is 0 Å². The second kappa shape index (κ2) is 11.6. The second-order valence-electron chi connectivity index (χ2n) is 10.2. The zero-order valence-electron chi connectivity index (χ0n) is 21.5. The number of benzene rings is 1. The fourth-order valence-corrected chi connectivity index (χ4v) is 5.81. The van der Waals surface area contributed by atoms with Crippen LogP contribution in [0.3, 0.4) is 0 Å². The fourth-order valence-electron chi connectivity index (χ4n) is 5.81. The number of carbonyl (C=O) groups excluding carboxylic acids is 1. The molecule has 0 bridgehead atoms. The molecule has 2 saturated heterocycles. The van der Waals surface area contributed by atoms with E-state index in [1.54, 1.807) is 34.9 Å². The first-order valence-corrected chi connectivity index (χ1v) is 13.2. The number of H-pyrrole nitrogens is 1. The van der Waals surface area contributed by atoms with Crippen LogP contribution in [0.4, 0.5) is 13.6 Å². The van der Waals surface area contributed by atoms with Gasteiger partial charge in [-0.25, -0.2) is 23.4 Å². The van der Waals surface area contributed by atoms with Gasteiger partial charge in [0.05, 0.1) is 12.1 Å². The number of aromatic nitrogens is 3. The van der Waals surface area contributed by atoms with Gasteiger partial charge in [-0.3, -0.25) is 14.5 Å². The van der Waals surface area contributed by atoms with Gasteiger partial charge in [-0.05, 0) is 55.4 Å². The van der Waals surface area contributed by atoms with E-state index in [9.17, 15) is 18.4 Å². The summed E-state index contributed by atoms with van der Waals surface area (Å²) in [4.78, 5) is 36.7. The molecule has 3 aromatic rings. The molecule has 2 aliphatic rings. The third-order valence-corrected chi connectivity index (χ3v) is 7.79. The Bertz CT molecular complexity index is 1320. The largest absolute Gasteiger partial charge is 0.383 e. The van der Waals surface area contributed by atoms with Crippen LogP contribution < -0.4 is 11.0 Å². The molecule has 0 aliphatic carbocycles. The Hall–Kier alpha value is -3.31. The maximum absolute atomic E-state index is 14.6. The Labute approximate surface area is 219 Å². The number of pyridine rings is 1. The number of aromatic amines is 1. The van der Waals surface area contributed by atoms with Crippen LogP contribution in [-0.4, -0.2) is 82.8 Å². The van der Waals surface area contributed by atoms with E-state index in [1.165, 1.54) is 0 Å². The van der Waals surface area contributed by atoms with Gasteiger partial charge in [0.2, 0.25) is 0 Å². The van der Waals surface area contributed by atoms with E-state index >= 15 is 0 Å². The highest BCUT2D eigenvalue weighted by atomic mass is 19.2. The smallest absolute Gasteiger partial charge is 0.327 e. The van der Waals surface area contributed by atoms with Gasteiger partial charge >= 0.3 is 11.7 Å². The monoisotopic (exact) mass is 528 g/mol. The van der Waals surface area contributed by atoms with Crippen LogP contribution in [0.1, 0.15) is 43.2 Å². The minimum atomic E-state index is -0.838. The lowest BCUT2D eigenvalue weighted by Gasteiger charge is -2.34. The van der Waals surface area contributed by atoms with Gasteiger partial charge in [-0.1, -0.05) is 12.1 Å². The van der Waals surface area contributed by atoms with Gasteiger partial charge in [-0.15, -0.1) is 0 Å². The number of carbonyl (C=O) groups is 1. The molecule has 2 amide bonds. The molecule has 2 aliphatic heterocycles. The molecule has 38 heavy (non-hydrogen) atoms. The summed E-state index contributed by atoms with van der Waals surface area (Å²) in [5.74, 6) is -1.81. The number of urea groups is 1. The first kappa shape index (κ1) is 26.3. The van der Waals surface area contributed by atoms with Crippen molar-refractivity contribution < 1.29 is 18.3 Å². The molecule has 1 aromatic carbocycles. The van der Waals surface area contributed by atoms with Gasteiger partial charge in [0.1, 0.15) is 0 Å². The number of ether oxygens (including phenoxy) is 1. The Morgan fingerprint density at radius 2 is 1.95 bits per heavy atom. The van der Waals surface area contributed by atoms with E-state index in [-0.39, 0.29) is 29.7 Å². The van der Waals surface area contributed by atoms with Gasteiger partial charge in [-0.2, -0.15) is 0 Å². The maximum Gasteiger partial charge on any atom is 0.327 e. The Balaban J connectivity index is 1.22. The van der Waals surface area contributed by atoms with Crippen molar-refractivity contribution in [2.45, 2.75) is 43.7 Å². The van der Waals surface area contributed by atoms with Crippen molar-refractivity contribution in [2.24, 2.45) is 0 Å². The van der Waals surface area contributed by atoms with Crippen molar-refractivity contribution in [3.8, 4) is 0 Å². The number of halogens is 2. The molecule has 0 unspecified atom stereocenters. The number of nitrogens with zero attached hydrogens (tertiary/aromatic N) is 4. The molecule has 2 aromatic heterocycles. The third kappa shape index (κ3) is 5.58. The number of hydrogen-bond donors (Lipinski definition) is 2. The van der Waals surface area contributed by atoms with Gasteiger partial charge in [0.25, 0.3) is 0 Å². The molecule has 2 fully saturated rings. The standard InChI is InChI=1S/C27H34F2N6O3/c1-38-15-14-33-16-18(21-4-2-5-22(28)24(21)29)7-8-19(17-33)31-26(36)34-12-9-20(10-13-34)35-23-6-3-11-30-25(23)32-27(35)37/h2-6,11,18-20H,7-10,12-17H2,1H3,(H,31,36)(H,30,32,37)/t18-,19-/m1/s1. The molecule has 4 heterocycles. The van der Waals surface area contributed by atoms with E-state index in [0.29, 0.717) is 76.2 Å². The minimum Gasteiger partial charge on any atom is -0.383 e. The van der Waals surface area contributed by atoms with Crippen molar-refractivity contribution in [2.75, 3.05) is 46.4 Å². The minimum absolute atomic E-state index is 0.00571. The summed E-state index contributed by atoms with van der Waals surface area (Å²) < 4.78 is 35.5. The lowest BCUT2D eigenvalue weighted by Crippen LogP contribution is -2.51. The van der Waals surface area contributed by atoms with Crippen LogP contribution in [0, 0.1) is 11.6 Å². The third-order valence-electron chi connectivity index (χ3n) is 7.79. The molecule has 11 heteroatoms. The fraction of sp³-hybridized carbons (Fsp3) is 0.519. The molecular weight excluding hydrogens is 494 g/mol. The highest BCUT2D eigenvalue weighted by molar-refractivity contribution is 5.74. The molecule has 5 rings (SSSR count). The highest BCUT2D eigenvalue weighted by Crippen LogP contribution is 2.30. The van der Waals surface area contributed by atoms with Crippen LogP contribution in [0.5, 0.6) is 0 Å². The van der Waals surface area contributed by atoms with Crippen molar-refractivity contribution in [3.05, 3.63) is 64.2 Å². The van der Waals surface area contributed by atoms with Crippen molar-refractivity contribution in [3.63, 3.8) is 0 Å². The number of fused-ring (bicyclic) bond motifs is 1. The van der Waals surface area contributed by atoms with E-state index < -0.39 is 11.6 Å². The summed E-state index contributed by atoms with van der Waals surface area (Å²) in [5, 5.41) is 3.18. The van der Waals surface area contributed by atoms with E-state index in [4.69, 9.17) is 4.74 Å². The van der Waals surface area contributed by atoms with Crippen LogP contribution in [0.15, 0.2) is 41.3 Å². The number of hydrogen-bond acceptors (Lipinski definition) is 5. The number of methoxy groups -OCH3 is 1. The zero-order chi connectivity index (χ0) is 26.6. The van der Waals surface area contributed by atoms with Gasteiger partial charge < -0.3 is 15.0 Å². The van der Waals surface area contributed by atoms with Crippen molar-refractivity contribution >= 4 is 17.2 Å². The number of nitrogens with one attached hydrogen (secondary N) is 2. The lowest BCUT2D eigenvalue weighted by atomic mass is 9.93. The quantitative estimate of drug-likeness (QED) is 0.512. The number of likely N-dealkylation sites (tertiary alicyclic amines) is 2. The summed E-state index contributed by atoms with van der Waals surface area (Å²) in [6.07, 6.45) is 4.27. The maximum atomic E-state index is 14.6. The predicted octanol–water partition coefficient (Wildman–Crippen LogP) is 3.24. The first-order chi connectivity index (χ1) is 18.4. The van der Waals surface area contributed by atoms with Gasteiger partial charge in [0.15, 0.2) is 17.3 Å². The molecular formula is C27H34F2N6O3. The average molecular weight is 529 g/mol. The van der Waals surface area contributed by atoms with E-state index in [0.717, 1.165) is 11.6 Å². The van der Waals surface area contributed by atoms with E-state index in [1.807, 2.05) is 12.1 Å². The summed E-state index contributed by atoms with van der Waals surface area (Å²) in [5.41, 5.74) is 1.55. The average Bonchev–Trinajstić information content (AvgIpc) is 3.13. The zero-order valence-corrected chi connectivity index (χ0v) is 21.5. The second-order valence-corrected chi connectivity index (χ2v) is 10.2. The number of piperidine rings is 1. The first-order valence-electron chi connectivity index (χ1n) is 13.2. The molecule has 0 spiro atoms. The van der Waals surface area contributed by atoms with Crippen LogP contribution in [0.2, 0.25) is 0 Å². The summed E-state index contributed by atoms with van der Waals surface area (Å²) in [7, 11) is 1.63. The van der Waals surface area contributed by atoms with Crippen LogP contribution in [-0.2, 0) is 4.74 Å². The normalized spacial score (nSPS) is 21.5. The Morgan fingerprint density at radius 3 is 2.74 bits per heavy atom.